The Morgan fingerprint density at radius 1 is 0.947 bits per heavy atom. The maximum absolute atomic E-state index is 7.00. The summed E-state index contributed by atoms with van der Waals surface area (Å²) in [4.78, 5) is 14.0. The molecule has 0 aromatic heterocycles. The van der Waals surface area contributed by atoms with E-state index in [1.54, 1.807) is 0 Å². The Kier molecular flexibility index (Phi) is 33.0. The van der Waals surface area contributed by atoms with Crippen molar-refractivity contribution in [2.24, 2.45) is 0 Å². The SMILES string of the molecule is CCCCCOC(C)COCCCC.CC[SiH3].O=O. The average molecular weight is 295 g/mol. The molecule has 0 amide bonds. The van der Waals surface area contributed by atoms with Crippen molar-refractivity contribution < 1.29 is 9.47 Å². The summed E-state index contributed by atoms with van der Waals surface area (Å²) in [6.45, 7) is 11.1. The van der Waals surface area contributed by atoms with E-state index in [-0.39, 0.29) is 6.10 Å². The molecule has 118 valence electrons. The van der Waals surface area contributed by atoms with Crippen LogP contribution in [0.3, 0.4) is 0 Å². The smallest absolute Gasteiger partial charge is 0.0780 e. The van der Waals surface area contributed by atoms with E-state index in [4.69, 9.17) is 19.4 Å². The van der Waals surface area contributed by atoms with Crippen molar-refractivity contribution in [3.8, 4) is 0 Å². The van der Waals surface area contributed by atoms with E-state index >= 15 is 0 Å². The molecule has 0 radical (unpaired) electrons. The largest absolute Gasteiger partial charge is 0.379 e. The molecule has 19 heavy (non-hydrogen) atoms. The van der Waals surface area contributed by atoms with Crippen molar-refractivity contribution in [3.05, 3.63) is 9.93 Å². The van der Waals surface area contributed by atoms with Crippen LogP contribution in [0.5, 0.6) is 0 Å². The molecule has 0 aliphatic heterocycles. The Labute approximate surface area is 122 Å². The highest BCUT2D eigenvalue weighted by atomic mass is 28.1. The Bertz CT molecular complexity index is 125. The van der Waals surface area contributed by atoms with Crippen LogP contribution in [0.1, 0.15) is 59.8 Å². The van der Waals surface area contributed by atoms with Crippen LogP contribution in [-0.4, -0.2) is 36.2 Å². The van der Waals surface area contributed by atoms with Gasteiger partial charge in [-0.05, 0) is 19.8 Å². The van der Waals surface area contributed by atoms with Gasteiger partial charge in [0.2, 0.25) is 0 Å². The Balaban J connectivity index is -0.000000445. The van der Waals surface area contributed by atoms with Crippen molar-refractivity contribution in [2.75, 3.05) is 19.8 Å². The fraction of sp³-hybridized carbons (Fsp3) is 1.00. The lowest BCUT2D eigenvalue weighted by molar-refractivity contribution is -0.00835. The molecule has 0 aliphatic carbocycles. The van der Waals surface area contributed by atoms with Crippen LogP contribution in [0.4, 0.5) is 0 Å². The first kappa shape index (κ1) is 23.8. The molecule has 0 N–H and O–H groups in total. The summed E-state index contributed by atoms with van der Waals surface area (Å²) in [5.74, 6) is 0. The molecule has 0 fully saturated rings. The highest BCUT2D eigenvalue weighted by Crippen LogP contribution is 1.99. The van der Waals surface area contributed by atoms with Gasteiger partial charge in [-0.25, -0.2) is 0 Å². The minimum absolute atomic E-state index is 0.253. The lowest BCUT2D eigenvalue weighted by Gasteiger charge is -2.13. The molecule has 0 heterocycles. The van der Waals surface area contributed by atoms with Gasteiger partial charge < -0.3 is 9.47 Å². The lowest BCUT2D eigenvalue weighted by atomic mass is 10.3. The molecule has 0 aliphatic rings. The van der Waals surface area contributed by atoms with Crippen molar-refractivity contribution in [2.45, 2.75) is 71.9 Å². The van der Waals surface area contributed by atoms with Crippen LogP contribution >= 0.6 is 0 Å². The van der Waals surface area contributed by atoms with Crippen LogP contribution in [0.15, 0.2) is 0 Å². The summed E-state index contributed by atoms with van der Waals surface area (Å²) in [7, 11) is 1.37. The number of ether oxygens (including phenoxy) is 2. The highest BCUT2D eigenvalue weighted by molar-refractivity contribution is 6.08. The van der Waals surface area contributed by atoms with E-state index in [1.807, 2.05) is 0 Å². The Morgan fingerprint density at radius 3 is 1.95 bits per heavy atom. The van der Waals surface area contributed by atoms with Crippen molar-refractivity contribution >= 4 is 10.2 Å². The van der Waals surface area contributed by atoms with Gasteiger partial charge in [0, 0.05) is 33.4 Å². The Morgan fingerprint density at radius 2 is 1.47 bits per heavy atom. The number of hydrogen-bond acceptors (Lipinski definition) is 4. The summed E-state index contributed by atoms with van der Waals surface area (Å²) in [5, 5.41) is 0. The van der Waals surface area contributed by atoms with Gasteiger partial charge >= 0.3 is 0 Å². The van der Waals surface area contributed by atoms with Gasteiger partial charge in [0.25, 0.3) is 0 Å². The van der Waals surface area contributed by atoms with E-state index in [1.165, 1.54) is 42.0 Å². The van der Waals surface area contributed by atoms with Gasteiger partial charge in [0.15, 0.2) is 0 Å². The van der Waals surface area contributed by atoms with Gasteiger partial charge in [-0.15, -0.1) is 0 Å². The van der Waals surface area contributed by atoms with Crippen LogP contribution < -0.4 is 0 Å². The first-order chi connectivity index (χ1) is 9.22. The molecule has 0 rings (SSSR count). The molecule has 1 unspecified atom stereocenters. The number of hydrogen-bond donors (Lipinski definition) is 0. The van der Waals surface area contributed by atoms with Gasteiger partial charge in [0.1, 0.15) is 0 Å². The van der Waals surface area contributed by atoms with Gasteiger partial charge in [-0.1, -0.05) is 46.1 Å². The number of rotatable bonds is 10. The van der Waals surface area contributed by atoms with Crippen LogP contribution in [0, 0.1) is 9.93 Å². The van der Waals surface area contributed by atoms with E-state index in [0.717, 1.165) is 26.2 Å². The molecule has 0 aromatic carbocycles. The topological polar surface area (TPSA) is 52.6 Å². The fourth-order valence-electron chi connectivity index (χ4n) is 1.18. The molecule has 1 atom stereocenters. The zero-order valence-corrected chi connectivity index (χ0v) is 15.6. The maximum Gasteiger partial charge on any atom is 0.0780 e. The van der Waals surface area contributed by atoms with Gasteiger partial charge in [-0.3, -0.25) is 0 Å². The van der Waals surface area contributed by atoms with Crippen molar-refractivity contribution in [1.29, 1.82) is 0 Å². The second kappa shape index (κ2) is 26.3. The molecule has 0 saturated carbocycles. The van der Waals surface area contributed by atoms with E-state index in [0.29, 0.717) is 0 Å². The summed E-state index contributed by atoms with van der Waals surface area (Å²) < 4.78 is 11.1. The van der Waals surface area contributed by atoms with Crippen molar-refractivity contribution in [3.63, 3.8) is 0 Å². The third kappa shape index (κ3) is 31.9. The van der Waals surface area contributed by atoms with E-state index in [9.17, 15) is 0 Å². The van der Waals surface area contributed by atoms with E-state index < -0.39 is 0 Å². The molecule has 0 bridgehead atoms. The summed E-state index contributed by atoms with van der Waals surface area (Å²) in [6, 6.07) is 1.39. The molecular weight excluding hydrogens is 260 g/mol. The van der Waals surface area contributed by atoms with Gasteiger partial charge in [0.05, 0.1) is 12.7 Å². The lowest BCUT2D eigenvalue weighted by Crippen LogP contribution is -2.17. The molecule has 4 nitrogen and oxygen atoms in total. The number of unbranched alkanes of at least 4 members (excludes halogenated alkanes) is 3. The average Bonchev–Trinajstić information content (AvgIpc) is 2.43. The monoisotopic (exact) mass is 294 g/mol. The molecule has 0 spiro atoms. The summed E-state index contributed by atoms with van der Waals surface area (Å²) in [5.41, 5.74) is 0. The van der Waals surface area contributed by atoms with E-state index in [2.05, 4.69) is 27.7 Å². The van der Waals surface area contributed by atoms with Gasteiger partial charge in [-0.2, -0.15) is 0 Å². The van der Waals surface area contributed by atoms with Crippen LogP contribution in [0.25, 0.3) is 0 Å². The van der Waals surface area contributed by atoms with Crippen molar-refractivity contribution in [1.82, 2.24) is 0 Å². The predicted octanol–water partition coefficient (Wildman–Crippen LogP) is 3.26. The summed E-state index contributed by atoms with van der Waals surface area (Å²) in [6.07, 6.45) is 6.31. The minimum atomic E-state index is 0.253. The molecule has 0 saturated heterocycles. The zero-order chi connectivity index (χ0) is 15.4. The maximum atomic E-state index is 7.00. The Hall–Kier alpha value is -0.263. The minimum Gasteiger partial charge on any atom is -0.379 e. The third-order valence-corrected chi connectivity index (χ3v) is 2.15. The second-order valence-corrected chi connectivity index (χ2v) is 5.94. The second-order valence-electron chi connectivity index (χ2n) is 4.52. The predicted molar refractivity (Wildman–Crippen MR) is 87.8 cm³/mol. The normalized spacial score (nSPS) is 10.9. The molecule has 5 heteroatoms. The zero-order valence-electron chi connectivity index (χ0n) is 13.6. The fourth-order valence-corrected chi connectivity index (χ4v) is 1.18. The first-order valence-corrected chi connectivity index (χ1v) is 9.00. The van der Waals surface area contributed by atoms with Crippen LogP contribution in [0.2, 0.25) is 6.04 Å². The molecular formula is C14H34O4Si. The molecule has 0 aromatic rings. The van der Waals surface area contributed by atoms with Crippen LogP contribution in [-0.2, 0) is 9.47 Å². The third-order valence-electron chi connectivity index (χ3n) is 2.15. The first-order valence-electron chi connectivity index (χ1n) is 7.58. The standard InChI is InChI=1S/C12H26O2.C2H8Si.O2/c1-4-6-8-10-14-12(3)11-13-9-7-5-2;1-2-3;1-2/h12H,4-11H2,1-3H3;2H2,1,3H3;. The highest BCUT2D eigenvalue weighted by Gasteiger charge is 2.01. The quantitative estimate of drug-likeness (QED) is 0.458. The summed E-state index contributed by atoms with van der Waals surface area (Å²) >= 11 is 0.